The Hall–Kier alpha value is -2.28. The largest absolute Gasteiger partial charge is 0.737 e. The van der Waals surface area contributed by atoms with Crippen LogP contribution in [-0.2, 0) is 0 Å². The molecular weight excluding hydrogens is 378 g/mol. The second-order valence-corrected chi connectivity index (χ2v) is 7.49. The summed E-state index contributed by atoms with van der Waals surface area (Å²) in [6.45, 7) is 2.39. The number of benzene rings is 1. The summed E-state index contributed by atoms with van der Waals surface area (Å²) in [6, 6.07) is 3.48. The summed E-state index contributed by atoms with van der Waals surface area (Å²) >= 11 is 5.69. The molecule has 2 aliphatic heterocycles. The number of halogens is 5. The smallest absolute Gasteiger partial charge is 0.393 e. The molecule has 0 bridgehead atoms. The Bertz CT molecular complexity index is 1130. The zero-order valence-electron chi connectivity index (χ0n) is 15.2. The molecule has 2 aromatic rings. The van der Waals surface area contributed by atoms with Crippen LogP contribution in [0.4, 0.5) is 17.4 Å². The van der Waals surface area contributed by atoms with Gasteiger partial charge in [0.2, 0.25) is 0 Å². The van der Waals surface area contributed by atoms with Crippen molar-refractivity contribution in [2.45, 2.75) is 27.7 Å². The zero-order chi connectivity index (χ0) is 19.8. The van der Waals surface area contributed by atoms with Crippen molar-refractivity contribution in [3.63, 3.8) is 0 Å². The van der Waals surface area contributed by atoms with E-state index in [-0.39, 0.29) is 27.6 Å². The van der Waals surface area contributed by atoms with E-state index >= 15 is 8.63 Å². The van der Waals surface area contributed by atoms with Crippen LogP contribution in [0, 0.1) is 25.5 Å². The Morgan fingerprint density at radius 1 is 1.00 bits per heavy atom. The molecule has 8 heteroatoms. The van der Waals surface area contributed by atoms with Crippen LogP contribution < -0.4 is 0 Å². The number of allylic oxidation sites excluding steroid dienone is 2. The summed E-state index contributed by atoms with van der Waals surface area (Å²) in [7, 11) is 0. The number of nitrogens with zero attached hydrogens (tertiary/aromatic N) is 2. The van der Waals surface area contributed by atoms with Gasteiger partial charge in [-0.2, -0.15) is 0 Å². The first-order valence-electron chi connectivity index (χ1n) is 8.47. The highest BCUT2D eigenvalue weighted by Crippen LogP contribution is 2.45. The molecule has 4 rings (SSSR count). The van der Waals surface area contributed by atoms with Crippen molar-refractivity contribution in [3.05, 3.63) is 74.7 Å². The molecule has 0 spiro atoms. The molecule has 0 fully saturated rings. The Morgan fingerprint density at radius 3 is 2.33 bits per heavy atom. The van der Waals surface area contributed by atoms with Gasteiger partial charge in [0.15, 0.2) is 5.70 Å². The molecule has 27 heavy (non-hydrogen) atoms. The number of rotatable bonds is 1. The van der Waals surface area contributed by atoms with Crippen LogP contribution in [0.5, 0.6) is 0 Å². The summed E-state index contributed by atoms with van der Waals surface area (Å²) in [5.41, 5.74) is 2.41. The Balaban J connectivity index is 2.21. The highest BCUT2D eigenvalue weighted by molar-refractivity contribution is 6.58. The fourth-order valence-corrected chi connectivity index (χ4v) is 4.42. The summed E-state index contributed by atoms with van der Waals surface area (Å²) in [4.78, 5) is 0. The standard InChI is InChI=1S/C19H16BClF4N2/c1-9-5-11(3)26-18(9)17(13-7-16(23)14(21)8-15(13)22)19-10(2)6-12(4)27(19)20(26,24)25/h5-8H,1-4H3. The topological polar surface area (TPSA) is 7.94 Å². The lowest BCUT2D eigenvalue weighted by Gasteiger charge is -2.34. The number of aromatic nitrogens is 1. The van der Waals surface area contributed by atoms with Crippen LogP contribution >= 0.6 is 11.6 Å². The number of aryl methyl sites for hydroxylation is 2. The van der Waals surface area contributed by atoms with Crippen molar-refractivity contribution in [3.8, 4) is 0 Å². The Kier molecular flexibility index (Phi) is 3.76. The van der Waals surface area contributed by atoms with Gasteiger partial charge in [0, 0.05) is 29.8 Å². The second-order valence-electron chi connectivity index (χ2n) is 7.08. The normalized spacial score (nSPS) is 18.0. The van der Waals surface area contributed by atoms with Crippen molar-refractivity contribution in [2.24, 2.45) is 0 Å². The average Bonchev–Trinajstić information content (AvgIpc) is 3.02. The van der Waals surface area contributed by atoms with Crippen molar-refractivity contribution in [1.29, 1.82) is 0 Å². The predicted molar refractivity (Wildman–Crippen MR) is 99.4 cm³/mol. The Labute approximate surface area is 159 Å². The van der Waals surface area contributed by atoms with Crippen molar-refractivity contribution in [1.82, 2.24) is 4.48 Å². The summed E-state index contributed by atoms with van der Waals surface area (Å²) in [5, 5.41) is -0.353. The Morgan fingerprint density at radius 2 is 1.67 bits per heavy atom. The third-order valence-corrected chi connectivity index (χ3v) is 5.50. The monoisotopic (exact) mass is 394 g/mol. The maximum atomic E-state index is 15.5. The average molecular weight is 395 g/mol. The fraction of sp³-hybridized carbons (Fsp3) is 0.211. The van der Waals surface area contributed by atoms with E-state index in [1.165, 1.54) is 0 Å². The van der Waals surface area contributed by atoms with Gasteiger partial charge in [-0.1, -0.05) is 11.6 Å². The van der Waals surface area contributed by atoms with Gasteiger partial charge in [-0.3, -0.25) is 0 Å². The lowest BCUT2D eigenvalue weighted by molar-refractivity contribution is -0.363. The predicted octanol–water partition coefficient (Wildman–Crippen LogP) is 5.47. The molecule has 0 N–H and O–H groups in total. The van der Waals surface area contributed by atoms with Gasteiger partial charge in [-0.15, -0.1) is 0 Å². The fourth-order valence-electron chi connectivity index (χ4n) is 4.27. The molecule has 2 nitrogen and oxygen atoms in total. The zero-order valence-corrected chi connectivity index (χ0v) is 15.9. The van der Waals surface area contributed by atoms with E-state index in [4.69, 9.17) is 11.6 Å². The van der Waals surface area contributed by atoms with E-state index in [2.05, 4.69) is 0 Å². The molecule has 1 aromatic carbocycles. The van der Waals surface area contributed by atoms with Gasteiger partial charge in [0.25, 0.3) is 0 Å². The second kappa shape index (κ2) is 5.61. The van der Waals surface area contributed by atoms with Gasteiger partial charge in [-0.25, -0.2) is 8.78 Å². The van der Waals surface area contributed by atoms with E-state index in [1.807, 2.05) is 0 Å². The van der Waals surface area contributed by atoms with Gasteiger partial charge in [0.1, 0.15) is 17.3 Å². The van der Waals surface area contributed by atoms with Crippen molar-refractivity contribution < 1.29 is 21.9 Å². The van der Waals surface area contributed by atoms with E-state index in [0.29, 0.717) is 22.5 Å². The van der Waals surface area contributed by atoms with Gasteiger partial charge in [0.05, 0.1) is 10.6 Å². The van der Waals surface area contributed by atoms with Crippen LogP contribution in [0.3, 0.4) is 0 Å². The van der Waals surface area contributed by atoms with Crippen LogP contribution in [0.1, 0.15) is 36.4 Å². The van der Waals surface area contributed by atoms with Gasteiger partial charge in [-0.05, 0) is 50.2 Å². The molecule has 0 radical (unpaired) electrons. The van der Waals surface area contributed by atoms with E-state index in [0.717, 1.165) is 21.1 Å². The summed E-state index contributed by atoms with van der Waals surface area (Å²) in [6.07, 6.45) is 1.63. The van der Waals surface area contributed by atoms with Gasteiger partial charge < -0.3 is 17.6 Å². The first-order chi connectivity index (χ1) is 12.6. The third-order valence-electron chi connectivity index (χ3n) is 5.21. The SMILES string of the molecule is CC1=CC(C)=[N+]2C1=C(c1cc(F)c(Cl)cc1F)c1c(C)cc(C)n1[B-]2(F)F. The first kappa shape index (κ1) is 18.1. The molecule has 1 aromatic heterocycles. The lowest BCUT2D eigenvalue weighted by Crippen LogP contribution is -2.51. The minimum atomic E-state index is -4.16. The molecule has 0 amide bonds. The molecule has 0 unspecified atom stereocenters. The highest BCUT2D eigenvalue weighted by atomic mass is 35.5. The molecule has 0 atom stereocenters. The van der Waals surface area contributed by atoms with Crippen LogP contribution in [0.25, 0.3) is 5.57 Å². The first-order valence-corrected chi connectivity index (χ1v) is 8.85. The molecule has 0 aliphatic carbocycles. The number of hydrogen-bond donors (Lipinski definition) is 0. The van der Waals surface area contributed by atoms with Crippen LogP contribution in [0.2, 0.25) is 5.02 Å². The maximum absolute atomic E-state index is 15.5. The van der Waals surface area contributed by atoms with Crippen LogP contribution in [-0.4, -0.2) is 21.6 Å². The third kappa shape index (κ3) is 2.30. The maximum Gasteiger partial charge on any atom is 0.737 e. The minimum absolute atomic E-state index is 0.0897. The number of hydrogen-bond acceptors (Lipinski definition) is 0. The molecule has 0 saturated carbocycles. The summed E-state index contributed by atoms with van der Waals surface area (Å²) in [5.74, 6) is -1.56. The molecule has 0 saturated heterocycles. The molecular formula is C19H16BClF4N2. The minimum Gasteiger partial charge on any atom is -0.393 e. The summed E-state index contributed by atoms with van der Waals surface area (Å²) < 4.78 is 61.8. The highest BCUT2D eigenvalue weighted by Gasteiger charge is 2.55. The molecule has 2 aliphatic rings. The van der Waals surface area contributed by atoms with E-state index < -0.39 is 18.6 Å². The quantitative estimate of drug-likeness (QED) is 0.344. The molecule has 140 valence electrons. The van der Waals surface area contributed by atoms with Crippen molar-refractivity contribution >= 4 is 29.9 Å². The lowest BCUT2D eigenvalue weighted by atomic mass is 9.83. The van der Waals surface area contributed by atoms with E-state index in [9.17, 15) is 8.78 Å². The van der Waals surface area contributed by atoms with Crippen molar-refractivity contribution in [2.75, 3.05) is 0 Å². The number of fused-ring (bicyclic) bond motifs is 2. The van der Waals surface area contributed by atoms with E-state index in [1.54, 1.807) is 39.8 Å². The van der Waals surface area contributed by atoms with Gasteiger partial charge >= 0.3 is 6.97 Å². The molecule has 3 heterocycles. The van der Waals surface area contributed by atoms with Crippen LogP contribution in [0.15, 0.2) is 35.5 Å².